The fraction of sp³-hybridized carbons (Fsp3) is 0.273. The van der Waals surface area contributed by atoms with Crippen LogP contribution in [0.25, 0.3) is 5.57 Å². The van der Waals surface area contributed by atoms with Gasteiger partial charge in [0.2, 0.25) is 0 Å². The predicted octanol–water partition coefficient (Wildman–Crippen LogP) is 4.16. The number of hydrogen-bond donors (Lipinski definition) is 2. The molecule has 6 heteroatoms. The van der Waals surface area contributed by atoms with E-state index in [0.717, 1.165) is 29.8 Å². The lowest BCUT2D eigenvalue weighted by Crippen LogP contribution is -2.36. The van der Waals surface area contributed by atoms with Crippen molar-refractivity contribution in [3.8, 4) is 0 Å². The second-order valence-electron chi connectivity index (χ2n) is 7.17. The Hall–Kier alpha value is -2.44. The minimum absolute atomic E-state index is 0.366. The van der Waals surface area contributed by atoms with Gasteiger partial charge in [0.05, 0.1) is 5.57 Å². The summed E-state index contributed by atoms with van der Waals surface area (Å²) in [6.45, 7) is 3.14. The van der Waals surface area contributed by atoms with Gasteiger partial charge in [0.15, 0.2) is 0 Å². The number of hydrogen-bond acceptors (Lipinski definition) is 4. The van der Waals surface area contributed by atoms with E-state index in [2.05, 4.69) is 37.5 Å². The van der Waals surface area contributed by atoms with Crippen LogP contribution in [0, 0.1) is 0 Å². The zero-order valence-corrected chi connectivity index (χ0v) is 17.1. The second kappa shape index (κ2) is 8.29. The average Bonchev–Trinajstić information content (AvgIpc) is 2.69. The molecular formula is C22H22BrN3O2. The van der Waals surface area contributed by atoms with E-state index in [1.165, 1.54) is 24.8 Å². The summed E-state index contributed by atoms with van der Waals surface area (Å²) in [5.74, 6) is -0.758. The van der Waals surface area contributed by atoms with E-state index in [9.17, 15) is 9.59 Å². The number of halogens is 1. The molecule has 2 N–H and O–H groups in total. The Morgan fingerprint density at radius 2 is 1.79 bits per heavy atom. The van der Waals surface area contributed by atoms with E-state index in [1.807, 2.05) is 18.2 Å². The third kappa shape index (κ3) is 4.03. The van der Waals surface area contributed by atoms with E-state index in [1.54, 1.807) is 24.4 Å². The number of imide groups is 1. The number of likely N-dealkylation sites (tertiary alicyclic amines) is 1. The maximum absolute atomic E-state index is 12.4. The van der Waals surface area contributed by atoms with Crippen molar-refractivity contribution < 1.29 is 9.59 Å². The highest BCUT2D eigenvalue weighted by atomic mass is 79.9. The number of nitrogens with zero attached hydrogens (tertiary/aromatic N) is 1. The van der Waals surface area contributed by atoms with Crippen LogP contribution < -0.4 is 10.6 Å². The molecule has 0 aromatic heterocycles. The Morgan fingerprint density at radius 1 is 1.00 bits per heavy atom. The first-order chi connectivity index (χ1) is 13.6. The van der Waals surface area contributed by atoms with Gasteiger partial charge in [0.25, 0.3) is 11.8 Å². The monoisotopic (exact) mass is 439 g/mol. The zero-order valence-electron chi connectivity index (χ0n) is 15.5. The summed E-state index contributed by atoms with van der Waals surface area (Å²) in [6, 6.07) is 13.5. The highest BCUT2D eigenvalue weighted by molar-refractivity contribution is 9.10. The van der Waals surface area contributed by atoms with Crippen LogP contribution in [0.15, 0.2) is 53.1 Å². The topological polar surface area (TPSA) is 61.4 Å². The number of rotatable bonds is 4. The molecule has 144 valence electrons. The summed E-state index contributed by atoms with van der Waals surface area (Å²) in [5.41, 5.74) is 3.75. The second-order valence-corrected chi connectivity index (χ2v) is 8.09. The van der Waals surface area contributed by atoms with E-state index >= 15 is 0 Å². The number of benzene rings is 2. The molecule has 2 heterocycles. The smallest absolute Gasteiger partial charge is 0.260 e. The summed E-state index contributed by atoms with van der Waals surface area (Å²) >= 11 is 3.42. The first-order valence-corrected chi connectivity index (χ1v) is 10.3. The first-order valence-electron chi connectivity index (χ1n) is 9.54. The molecule has 0 radical (unpaired) electrons. The highest BCUT2D eigenvalue weighted by Gasteiger charge is 2.27. The van der Waals surface area contributed by atoms with E-state index in [4.69, 9.17) is 0 Å². The van der Waals surface area contributed by atoms with Gasteiger partial charge < -0.3 is 5.32 Å². The number of amides is 2. The van der Waals surface area contributed by atoms with E-state index in [0.29, 0.717) is 16.7 Å². The number of fused-ring (bicyclic) bond motifs is 1. The standard InChI is InChI=1S/C22H22BrN3O2/c23-16-8-9-17-18(12-16)19(22(28)25-21(17)27)13-24-20-7-3-2-6-15(20)14-26-10-4-1-5-11-26/h2-3,6-9,12-13,24H,1,4-5,10-11,14H2,(H,25,27,28). The van der Waals surface area contributed by atoms with E-state index in [-0.39, 0.29) is 5.91 Å². The summed E-state index contributed by atoms with van der Waals surface area (Å²) in [6.07, 6.45) is 5.51. The molecule has 2 aromatic carbocycles. The van der Waals surface area contributed by atoms with Gasteiger partial charge in [-0.25, -0.2) is 0 Å². The number of anilines is 1. The largest absolute Gasteiger partial charge is 0.361 e. The van der Waals surface area contributed by atoms with Crippen LogP contribution in [0.4, 0.5) is 5.69 Å². The fourth-order valence-corrected chi connectivity index (χ4v) is 4.11. The lowest BCUT2D eigenvalue weighted by molar-refractivity contribution is -0.114. The van der Waals surface area contributed by atoms with Crippen molar-refractivity contribution in [2.45, 2.75) is 25.8 Å². The predicted molar refractivity (Wildman–Crippen MR) is 114 cm³/mol. The molecule has 0 atom stereocenters. The van der Waals surface area contributed by atoms with Crippen molar-refractivity contribution >= 4 is 39.0 Å². The molecular weight excluding hydrogens is 418 g/mol. The normalized spacial score (nSPS) is 18.7. The van der Waals surface area contributed by atoms with Gasteiger partial charge in [-0.05, 0) is 55.8 Å². The molecule has 4 rings (SSSR count). The summed E-state index contributed by atoms with van der Waals surface area (Å²) < 4.78 is 0.824. The van der Waals surface area contributed by atoms with Gasteiger partial charge in [-0.3, -0.25) is 19.8 Å². The molecule has 28 heavy (non-hydrogen) atoms. The Labute approximate surface area is 172 Å². The first kappa shape index (κ1) is 18.9. The lowest BCUT2D eigenvalue weighted by Gasteiger charge is -2.27. The van der Waals surface area contributed by atoms with Crippen LogP contribution in [0.3, 0.4) is 0 Å². The fourth-order valence-electron chi connectivity index (χ4n) is 3.75. The van der Waals surface area contributed by atoms with Crippen LogP contribution in [0.5, 0.6) is 0 Å². The Morgan fingerprint density at radius 3 is 2.61 bits per heavy atom. The van der Waals surface area contributed by atoms with E-state index < -0.39 is 5.91 Å². The minimum Gasteiger partial charge on any atom is -0.361 e. The van der Waals surface area contributed by atoms with Gasteiger partial charge >= 0.3 is 0 Å². The summed E-state index contributed by atoms with van der Waals surface area (Å²) in [7, 11) is 0. The van der Waals surface area contributed by atoms with Gasteiger partial charge in [-0.15, -0.1) is 0 Å². The van der Waals surface area contributed by atoms with Crippen LogP contribution in [-0.2, 0) is 11.3 Å². The Bertz CT molecular complexity index is 949. The van der Waals surface area contributed by atoms with Crippen molar-refractivity contribution in [1.29, 1.82) is 0 Å². The maximum atomic E-state index is 12.4. The summed E-state index contributed by atoms with van der Waals surface area (Å²) in [4.78, 5) is 27.0. The number of carbonyl (C=O) groups excluding carboxylic acids is 2. The summed E-state index contributed by atoms with van der Waals surface area (Å²) in [5, 5.41) is 5.71. The van der Waals surface area contributed by atoms with Gasteiger partial charge in [-0.1, -0.05) is 40.5 Å². The van der Waals surface area contributed by atoms with Gasteiger partial charge in [0, 0.05) is 34.0 Å². The van der Waals surface area contributed by atoms with Crippen LogP contribution in [0.2, 0.25) is 0 Å². The molecule has 1 fully saturated rings. The quantitative estimate of drug-likeness (QED) is 0.554. The highest BCUT2D eigenvalue weighted by Crippen LogP contribution is 2.28. The molecule has 1 saturated heterocycles. The lowest BCUT2D eigenvalue weighted by atomic mass is 9.95. The molecule has 2 aliphatic heterocycles. The molecule has 0 bridgehead atoms. The zero-order chi connectivity index (χ0) is 19.5. The van der Waals surface area contributed by atoms with Crippen molar-refractivity contribution in [2.75, 3.05) is 18.4 Å². The Balaban J connectivity index is 1.61. The molecule has 0 saturated carbocycles. The van der Waals surface area contributed by atoms with Crippen LogP contribution in [0.1, 0.15) is 40.7 Å². The van der Waals surface area contributed by atoms with Gasteiger partial charge in [0.1, 0.15) is 0 Å². The minimum atomic E-state index is -0.392. The molecule has 0 unspecified atom stereocenters. The number of para-hydroxylation sites is 1. The van der Waals surface area contributed by atoms with Crippen LogP contribution in [-0.4, -0.2) is 29.8 Å². The van der Waals surface area contributed by atoms with Crippen LogP contribution >= 0.6 is 15.9 Å². The number of nitrogens with one attached hydrogen (secondary N) is 2. The van der Waals surface area contributed by atoms with Gasteiger partial charge in [-0.2, -0.15) is 0 Å². The molecule has 5 nitrogen and oxygen atoms in total. The number of piperidine rings is 1. The van der Waals surface area contributed by atoms with Crippen molar-refractivity contribution in [2.24, 2.45) is 0 Å². The average molecular weight is 440 g/mol. The molecule has 2 aromatic rings. The third-order valence-corrected chi connectivity index (χ3v) is 5.71. The number of carbonyl (C=O) groups is 2. The van der Waals surface area contributed by atoms with Crippen molar-refractivity contribution in [3.05, 3.63) is 69.8 Å². The molecule has 0 aliphatic carbocycles. The molecule has 2 amide bonds. The van der Waals surface area contributed by atoms with Crippen molar-refractivity contribution in [3.63, 3.8) is 0 Å². The molecule has 0 spiro atoms. The molecule has 2 aliphatic rings. The van der Waals surface area contributed by atoms with Crippen molar-refractivity contribution in [1.82, 2.24) is 10.2 Å². The Kier molecular flexibility index (Phi) is 5.59. The maximum Gasteiger partial charge on any atom is 0.260 e. The third-order valence-electron chi connectivity index (χ3n) is 5.22. The SMILES string of the molecule is O=C1NC(=O)c2ccc(Br)cc2C1=CNc1ccccc1CN1CCCCC1.